The lowest BCUT2D eigenvalue weighted by molar-refractivity contribution is -0.137. The van der Waals surface area contributed by atoms with Gasteiger partial charge in [-0.25, -0.2) is 9.36 Å². The van der Waals surface area contributed by atoms with Crippen molar-refractivity contribution >= 4 is 27.5 Å². The molecule has 1 aliphatic heterocycles. The highest BCUT2D eigenvalue weighted by molar-refractivity contribution is 7.18. The topological polar surface area (TPSA) is 75.2 Å². The maximum Gasteiger partial charge on any atom is 0.334 e. The molecule has 0 bridgehead atoms. The fourth-order valence-electron chi connectivity index (χ4n) is 4.84. The number of aromatic nitrogens is 2. The predicted molar refractivity (Wildman–Crippen MR) is 118 cm³/mol. The quantitative estimate of drug-likeness (QED) is 0.686. The standard InChI is InChI=1S/C23H25N3O3S/c1-14-7-9-15(10-8-14)21(27)25-12-11-17-18(13-25)30-20-19(17)22(28)26(23(29)24-20)16-5-3-2-4-6-16/h2-6,14-15H,7-13H2,1H3,(H,24,29). The molecule has 3 heterocycles. The van der Waals surface area contributed by atoms with E-state index in [1.807, 2.05) is 23.1 Å². The zero-order valence-electron chi connectivity index (χ0n) is 17.0. The van der Waals surface area contributed by atoms with Gasteiger partial charge in [0.1, 0.15) is 4.83 Å². The number of benzene rings is 1. The van der Waals surface area contributed by atoms with Gasteiger partial charge in [0.25, 0.3) is 5.56 Å². The third-order valence-electron chi connectivity index (χ3n) is 6.59. The molecule has 0 unspecified atom stereocenters. The largest absolute Gasteiger partial charge is 0.337 e. The Hall–Kier alpha value is -2.67. The van der Waals surface area contributed by atoms with Crippen LogP contribution >= 0.6 is 11.3 Å². The lowest BCUT2D eigenvalue weighted by Crippen LogP contribution is -2.40. The van der Waals surface area contributed by atoms with E-state index >= 15 is 0 Å². The zero-order chi connectivity index (χ0) is 20.8. The first-order chi connectivity index (χ1) is 14.5. The van der Waals surface area contributed by atoms with E-state index in [4.69, 9.17) is 0 Å². The number of carbonyl (C=O) groups is 1. The van der Waals surface area contributed by atoms with Crippen molar-refractivity contribution < 1.29 is 4.79 Å². The Labute approximate surface area is 178 Å². The van der Waals surface area contributed by atoms with E-state index in [-0.39, 0.29) is 17.4 Å². The maximum absolute atomic E-state index is 13.2. The van der Waals surface area contributed by atoms with Gasteiger partial charge >= 0.3 is 5.69 Å². The number of aromatic amines is 1. The number of nitrogens with one attached hydrogen (secondary N) is 1. The van der Waals surface area contributed by atoms with Gasteiger partial charge in [-0.3, -0.25) is 14.6 Å². The number of carbonyl (C=O) groups excluding carboxylic acids is 1. The molecular weight excluding hydrogens is 398 g/mol. The van der Waals surface area contributed by atoms with Crippen LogP contribution < -0.4 is 11.2 Å². The summed E-state index contributed by atoms with van der Waals surface area (Å²) in [6, 6.07) is 8.99. The van der Waals surface area contributed by atoms with Crippen molar-refractivity contribution in [2.24, 2.45) is 11.8 Å². The summed E-state index contributed by atoms with van der Waals surface area (Å²) >= 11 is 1.44. The average molecular weight is 424 g/mol. The van der Waals surface area contributed by atoms with Crippen LogP contribution in [0.4, 0.5) is 0 Å². The molecule has 0 spiro atoms. The fraction of sp³-hybridized carbons (Fsp3) is 0.435. The molecule has 1 amide bonds. The molecule has 3 aromatic rings. The molecule has 0 radical (unpaired) electrons. The number of hydrogen-bond donors (Lipinski definition) is 1. The second-order valence-corrected chi connectivity index (χ2v) is 9.69. The minimum atomic E-state index is -0.429. The maximum atomic E-state index is 13.2. The van der Waals surface area contributed by atoms with Crippen molar-refractivity contribution in [3.05, 3.63) is 61.6 Å². The highest BCUT2D eigenvalue weighted by Crippen LogP contribution is 2.35. The Bertz CT molecular complexity index is 1220. The van der Waals surface area contributed by atoms with E-state index in [9.17, 15) is 14.4 Å². The number of nitrogens with zero attached hydrogens (tertiary/aromatic N) is 2. The lowest BCUT2D eigenvalue weighted by Gasteiger charge is -2.33. The van der Waals surface area contributed by atoms with E-state index in [0.717, 1.165) is 36.1 Å². The van der Waals surface area contributed by atoms with E-state index < -0.39 is 5.69 Å². The highest BCUT2D eigenvalue weighted by Gasteiger charge is 2.32. The smallest absolute Gasteiger partial charge is 0.334 e. The van der Waals surface area contributed by atoms with E-state index in [0.29, 0.717) is 41.3 Å². The SMILES string of the molecule is CC1CCC(C(=O)N2CCc3c(sc4[nH]c(=O)n(-c5ccccc5)c(=O)c34)C2)CC1. The molecule has 30 heavy (non-hydrogen) atoms. The summed E-state index contributed by atoms with van der Waals surface area (Å²) < 4.78 is 1.20. The second kappa shape index (κ2) is 7.54. The number of amides is 1. The Kier molecular flexibility index (Phi) is 4.85. The molecule has 1 aliphatic carbocycles. The van der Waals surface area contributed by atoms with Crippen LogP contribution in [-0.2, 0) is 17.8 Å². The van der Waals surface area contributed by atoms with Crippen molar-refractivity contribution in [3.8, 4) is 5.69 Å². The first-order valence-corrected chi connectivity index (χ1v) is 11.5. The molecule has 2 aromatic heterocycles. The molecule has 6 nitrogen and oxygen atoms in total. The molecule has 7 heteroatoms. The van der Waals surface area contributed by atoms with Crippen LogP contribution in [0.15, 0.2) is 39.9 Å². The molecule has 5 rings (SSSR count). The van der Waals surface area contributed by atoms with Crippen molar-refractivity contribution in [1.82, 2.24) is 14.5 Å². The monoisotopic (exact) mass is 423 g/mol. The number of thiophene rings is 1. The summed E-state index contributed by atoms with van der Waals surface area (Å²) in [5.41, 5.74) is 0.840. The number of rotatable bonds is 2. The summed E-state index contributed by atoms with van der Waals surface area (Å²) in [5.74, 6) is 1.10. The van der Waals surface area contributed by atoms with Gasteiger partial charge in [0.2, 0.25) is 5.91 Å². The van der Waals surface area contributed by atoms with Crippen LogP contribution in [0, 0.1) is 11.8 Å². The van der Waals surface area contributed by atoms with Gasteiger partial charge in [0.05, 0.1) is 17.6 Å². The third kappa shape index (κ3) is 3.21. The normalized spacial score (nSPS) is 21.6. The number of para-hydroxylation sites is 1. The third-order valence-corrected chi connectivity index (χ3v) is 7.72. The molecular formula is C23H25N3O3S. The molecule has 1 saturated carbocycles. The average Bonchev–Trinajstić information content (AvgIpc) is 3.12. The van der Waals surface area contributed by atoms with Crippen molar-refractivity contribution in [1.29, 1.82) is 0 Å². The first kappa shape index (κ1) is 19.3. The van der Waals surface area contributed by atoms with E-state index in [1.165, 1.54) is 15.9 Å². The Morgan fingerprint density at radius 2 is 1.83 bits per heavy atom. The van der Waals surface area contributed by atoms with Gasteiger partial charge in [0.15, 0.2) is 0 Å². The summed E-state index contributed by atoms with van der Waals surface area (Å²) in [4.78, 5) is 45.4. The molecule has 0 atom stereocenters. The fourth-order valence-corrected chi connectivity index (χ4v) is 6.08. The summed E-state index contributed by atoms with van der Waals surface area (Å²) in [7, 11) is 0. The Morgan fingerprint density at radius 3 is 2.57 bits per heavy atom. The van der Waals surface area contributed by atoms with Gasteiger partial charge in [-0.1, -0.05) is 25.1 Å². The van der Waals surface area contributed by atoms with Crippen LogP contribution in [-0.4, -0.2) is 26.9 Å². The van der Waals surface area contributed by atoms with Crippen molar-refractivity contribution in [2.75, 3.05) is 6.54 Å². The lowest BCUT2D eigenvalue weighted by atomic mass is 9.82. The Morgan fingerprint density at radius 1 is 1.10 bits per heavy atom. The van der Waals surface area contributed by atoms with Crippen LogP contribution in [0.25, 0.3) is 15.9 Å². The van der Waals surface area contributed by atoms with Gasteiger partial charge in [-0.2, -0.15) is 0 Å². The van der Waals surface area contributed by atoms with Crippen LogP contribution in [0.3, 0.4) is 0 Å². The summed E-state index contributed by atoms with van der Waals surface area (Å²) in [6.07, 6.45) is 4.85. The van der Waals surface area contributed by atoms with Crippen LogP contribution in [0.1, 0.15) is 43.0 Å². The molecule has 1 N–H and O–H groups in total. The zero-order valence-corrected chi connectivity index (χ0v) is 17.8. The van der Waals surface area contributed by atoms with Crippen molar-refractivity contribution in [2.45, 2.75) is 45.6 Å². The van der Waals surface area contributed by atoms with Gasteiger partial charge in [-0.05, 0) is 55.7 Å². The van der Waals surface area contributed by atoms with Crippen molar-refractivity contribution in [3.63, 3.8) is 0 Å². The Balaban J connectivity index is 1.49. The minimum Gasteiger partial charge on any atom is -0.337 e. The van der Waals surface area contributed by atoms with Gasteiger partial charge in [0, 0.05) is 17.3 Å². The number of H-pyrrole nitrogens is 1. The molecule has 1 fully saturated rings. The van der Waals surface area contributed by atoms with Gasteiger partial charge < -0.3 is 4.90 Å². The molecule has 156 valence electrons. The summed E-state index contributed by atoms with van der Waals surface area (Å²) in [5, 5.41) is 0.594. The molecule has 2 aliphatic rings. The van der Waals surface area contributed by atoms with Gasteiger partial charge in [-0.15, -0.1) is 11.3 Å². The molecule has 0 saturated heterocycles. The predicted octanol–water partition coefficient (Wildman–Crippen LogP) is 3.45. The van der Waals surface area contributed by atoms with E-state index in [2.05, 4.69) is 11.9 Å². The minimum absolute atomic E-state index is 0.132. The molecule has 1 aromatic carbocycles. The second-order valence-electron chi connectivity index (χ2n) is 8.58. The first-order valence-electron chi connectivity index (χ1n) is 10.7. The van der Waals surface area contributed by atoms with Crippen LogP contribution in [0.5, 0.6) is 0 Å². The van der Waals surface area contributed by atoms with E-state index in [1.54, 1.807) is 12.1 Å². The highest BCUT2D eigenvalue weighted by atomic mass is 32.1. The van der Waals surface area contributed by atoms with Crippen LogP contribution in [0.2, 0.25) is 0 Å². The number of fused-ring (bicyclic) bond motifs is 3. The summed E-state index contributed by atoms with van der Waals surface area (Å²) in [6.45, 7) is 3.42. The number of hydrogen-bond acceptors (Lipinski definition) is 4.